The van der Waals surface area contributed by atoms with Gasteiger partial charge in [-0.05, 0) is 6.07 Å². The topological polar surface area (TPSA) is 46.0 Å². The Kier molecular flexibility index (Phi) is 2.10. The van der Waals surface area contributed by atoms with Crippen molar-refractivity contribution < 1.29 is 18.3 Å². The molecule has 1 heterocycles. The molecule has 3 nitrogen and oxygen atoms in total. The second-order valence-corrected chi connectivity index (χ2v) is 2.29. The van der Waals surface area contributed by atoms with Gasteiger partial charge in [0.15, 0.2) is 5.15 Å². The van der Waals surface area contributed by atoms with Crippen LogP contribution in [-0.2, 0) is 6.18 Å². The molecule has 1 aromatic rings. The van der Waals surface area contributed by atoms with Crippen LogP contribution in [0.2, 0.25) is 5.15 Å². The molecule has 0 amide bonds. The van der Waals surface area contributed by atoms with Crippen LogP contribution in [0.1, 0.15) is 5.56 Å². The SMILES string of the molecule is Oc1nnc(Cl)cc1C(F)(F)F. The minimum absolute atomic E-state index is 0.417. The highest BCUT2D eigenvalue weighted by Gasteiger charge is 2.35. The number of aromatic hydroxyl groups is 1. The van der Waals surface area contributed by atoms with Crippen LogP contribution >= 0.6 is 11.6 Å². The van der Waals surface area contributed by atoms with E-state index in [0.717, 1.165) is 0 Å². The molecule has 12 heavy (non-hydrogen) atoms. The molecule has 0 aliphatic heterocycles. The predicted octanol–water partition coefficient (Wildman–Crippen LogP) is 1.85. The summed E-state index contributed by atoms with van der Waals surface area (Å²) >= 11 is 5.14. The van der Waals surface area contributed by atoms with E-state index in [9.17, 15) is 13.2 Å². The minimum atomic E-state index is -4.66. The van der Waals surface area contributed by atoms with Crippen molar-refractivity contribution >= 4 is 11.6 Å². The van der Waals surface area contributed by atoms with Crippen LogP contribution in [0, 0.1) is 0 Å². The van der Waals surface area contributed by atoms with E-state index in [1.54, 1.807) is 0 Å². The fraction of sp³-hybridized carbons (Fsp3) is 0.200. The molecule has 0 aliphatic carbocycles. The lowest BCUT2D eigenvalue weighted by Crippen LogP contribution is -2.06. The molecule has 1 N–H and O–H groups in total. The summed E-state index contributed by atoms with van der Waals surface area (Å²) in [5.41, 5.74) is -1.29. The fourth-order valence-electron chi connectivity index (χ4n) is 0.570. The van der Waals surface area contributed by atoms with Gasteiger partial charge in [0.1, 0.15) is 5.56 Å². The fourth-order valence-corrected chi connectivity index (χ4v) is 0.717. The van der Waals surface area contributed by atoms with Crippen LogP contribution in [-0.4, -0.2) is 15.3 Å². The number of alkyl halides is 3. The molecule has 0 unspecified atom stereocenters. The molecule has 1 aromatic heterocycles. The molecule has 0 aliphatic rings. The zero-order valence-electron chi connectivity index (χ0n) is 5.43. The summed E-state index contributed by atoms with van der Waals surface area (Å²) in [4.78, 5) is 0. The summed E-state index contributed by atoms with van der Waals surface area (Å²) in [5.74, 6) is -1.17. The van der Waals surface area contributed by atoms with E-state index in [1.807, 2.05) is 0 Å². The highest BCUT2D eigenvalue weighted by Crippen LogP contribution is 2.34. The maximum Gasteiger partial charge on any atom is 0.421 e. The number of nitrogens with zero attached hydrogens (tertiary/aromatic N) is 2. The lowest BCUT2D eigenvalue weighted by Gasteiger charge is -2.06. The maximum absolute atomic E-state index is 11.9. The molecule has 0 radical (unpaired) electrons. The van der Waals surface area contributed by atoms with E-state index in [4.69, 9.17) is 16.7 Å². The summed E-state index contributed by atoms with van der Waals surface area (Å²) < 4.78 is 35.8. The Hall–Kier alpha value is -1.04. The van der Waals surface area contributed by atoms with Gasteiger partial charge in [0.2, 0.25) is 5.88 Å². The summed E-state index contributed by atoms with van der Waals surface area (Å²) in [5, 5.41) is 14.0. The lowest BCUT2D eigenvalue weighted by molar-refractivity contribution is -0.139. The number of halogens is 4. The van der Waals surface area contributed by atoms with Crippen molar-refractivity contribution in [3.8, 4) is 5.88 Å². The van der Waals surface area contributed by atoms with Crippen LogP contribution in [0.3, 0.4) is 0 Å². The molecule has 1 rings (SSSR count). The second-order valence-electron chi connectivity index (χ2n) is 1.90. The van der Waals surface area contributed by atoms with Crippen molar-refractivity contribution in [2.75, 3.05) is 0 Å². The van der Waals surface area contributed by atoms with Crippen molar-refractivity contribution in [1.82, 2.24) is 10.2 Å². The van der Waals surface area contributed by atoms with E-state index < -0.39 is 22.8 Å². The third kappa shape index (κ3) is 1.76. The van der Waals surface area contributed by atoms with Gasteiger partial charge in [-0.1, -0.05) is 11.6 Å². The summed E-state index contributed by atoms with van der Waals surface area (Å²) in [6.45, 7) is 0. The van der Waals surface area contributed by atoms with E-state index in [1.165, 1.54) is 0 Å². The highest BCUT2D eigenvalue weighted by atomic mass is 35.5. The van der Waals surface area contributed by atoms with Gasteiger partial charge < -0.3 is 5.11 Å². The summed E-state index contributed by atoms with van der Waals surface area (Å²) in [6, 6.07) is 0.504. The first-order valence-corrected chi connectivity index (χ1v) is 3.08. The van der Waals surface area contributed by atoms with Gasteiger partial charge in [-0.3, -0.25) is 0 Å². The van der Waals surface area contributed by atoms with Gasteiger partial charge in [0.25, 0.3) is 0 Å². The molecular formula is C5H2ClF3N2O. The number of hydrogen-bond acceptors (Lipinski definition) is 3. The zero-order chi connectivity index (χ0) is 9.35. The van der Waals surface area contributed by atoms with Gasteiger partial charge in [-0.2, -0.15) is 13.2 Å². The molecule has 0 saturated carbocycles. The average molecular weight is 199 g/mol. The summed E-state index contributed by atoms with van der Waals surface area (Å²) in [6.07, 6.45) is -4.66. The Morgan fingerprint density at radius 3 is 2.33 bits per heavy atom. The molecule has 0 spiro atoms. The lowest BCUT2D eigenvalue weighted by atomic mass is 10.3. The number of hydrogen-bond donors (Lipinski definition) is 1. The molecule has 0 saturated heterocycles. The van der Waals surface area contributed by atoms with Crippen LogP contribution in [0.5, 0.6) is 5.88 Å². The van der Waals surface area contributed by atoms with Crippen LogP contribution in [0.15, 0.2) is 6.07 Å². The maximum atomic E-state index is 11.9. The van der Waals surface area contributed by atoms with E-state index in [0.29, 0.717) is 6.07 Å². The third-order valence-corrected chi connectivity index (χ3v) is 1.23. The van der Waals surface area contributed by atoms with Crippen molar-refractivity contribution in [3.63, 3.8) is 0 Å². The highest BCUT2D eigenvalue weighted by molar-refractivity contribution is 6.29. The first kappa shape index (κ1) is 9.05. The molecule has 0 bridgehead atoms. The monoisotopic (exact) mass is 198 g/mol. The first-order valence-electron chi connectivity index (χ1n) is 2.70. The molecule has 0 aromatic carbocycles. The Labute approximate surface area is 69.8 Å². The second kappa shape index (κ2) is 2.78. The minimum Gasteiger partial charge on any atom is -0.492 e. The number of aromatic nitrogens is 2. The van der Waals surface area contributed by atoms with Gasteiger partial charge in [0, 0.05) is 0 Å². The first-order chi connectivity index (χ1) is 5.41. The van der Waals surface area contributed by atoms with E-state index in [2.05, 4.69) is 10.2 Å². The number of rotatable bonds is 0. The molecule has 0 fully saturated rings. The van der Waals surface area contributed by atoms with Crippen molar-refractivity contribution in [2.45, 2.75) is 6.18 Å². The van der Waals surface area contributed by atoms with E-state index >= 15 is 0 Å². The molecular weight excluding hydrogens is 197 g/mol. The van der Waals surface area contributed by atoms with Crippen molar-refractivity contribution in [3.05, 3.63) is 16.8 Å². The molecule has 0 atom stereocenters. The zero-order valence-corrected chi connectivity index (χ0v) is 6.19. The van der Waals surface area contributed by atoms with Gasteiger partial charge >= 0.3 is 6.18 Å². The van der Waals surface area contributed by atoms with Crippen LogP contribution in [0.25, 0.3) is 0 Å². The van der Waals surface area contributed by atoms with Gasteiger partial charge in [0.05, 0.1) is 0 Å². The third-order valence-electron chi connectivity index (χ3n) is 1.05. The average Bonchev–Trinajstić information content (AvgIpc) is 1.92. The normalized spacial score (nSPS) is 11.7. The largest absolute Gasteiger partial charge is 0.492 e. The Morgan fingerprint density at radius 1 is 1.33 bits per heavy atom. The molecule has 7 heteroatoms. The predicted molar refractivity (Wildman–Crippen MR) is 33.7 cm³/mol. The molecule has 66 valence electrons. The van der Waals surface area contributed by atoms with Gasteiger partial charge in [-0.15, -0.1) is 10.2 Å². The van der Waals surface area contributed by atoms with Crippen molar-refractivity contribution in [1.29, 1.82) is 0 Å². The summed E-state index contributed by atoms with van der Waals surface area (Å²) in [7, 11) is 0. The Bertz CT molecular complexity index is 301. The van der Waals surface area contributed by atoms with Crippen molar-refractivity contribution in [2.24, 2.45) is 0 Å². The van der Waals surface area contributed by atoms with E-state index in [-0.39, 0.29) is 0 Å². The van der Waals surface area contributed by atoms with Crippen LogP contribution < -0.4 is 0 Å². The Morgan fingerprint density at radius 2 is 1.92 bits per heavy atom. The van der Waals surface area contributed by atoms with Crippen LogP contribution in [0.4, 0.5) is 13.2 Å². The van der Waals surface area contributed by atoms with Gasteiger partial charge in [-0.25, -0.2) is 0 Å². The Balaban J connectivity index is 3.23. The smallest absolute Gasteiger partial charge is 0.421 e. The standard InChI is InChI=1S/C5H2ClF3N2O/c6-3-1-2(5(7,8)9)4(12)11-10-3/h1H,(H,11,12). The quantitative estimate of drug-likeness (QED) is 0.692.